The molecule has 0 spiro atoms. The summed E-state index contributed by atoms with van der Waals surface area (Å²) in [5.74, 6) is 1.79. The first-order chi connectivity index (χ1) is 32.9. The van der Waals surface area contributed by atoms with Crippen LogP contribution < -0.4 is 16.4 Å². The Morgan fingerprint density at radius 2 is 0.884 bits per heavy atom. The minimum atomic E-state index is 0.0625. The molecule has 8 aromatic rings. The predicted molar refractivity (Wildman–Crippen MR) is 301 cm³/mol. The van der Waals surface area contributed by atoms with Crippen LogP contribution in [0, 0.1) is 104 Å². The van der Waals surface area contributed by atoms with Gasteiger partial charge in [-0.3, -0.25) is 4.57 Å². The maximum atomic E-state index is 4.88. The standard InChI is InChI=1S/C66H75BN2/c1-18-54(55-29-31-58(32-30-55)66-68-33-34-69(66)65-40(4)35-38(2)36-41(65)5)37-39(3)59-42(6)48(12)62(49(13)43(59)7)67(63-50(14)44(8)60(45(9)51(63)15)56-25-21-19-22-26-56)64-52(16)46(10)61(47(11)53(64)17)57-27-23-20-24-28-57/h19-36,39,54H,18,37H2,1-17H3. The molecule has 2 atom stereocenters. The molecule has 2 nitrogen and oxygen atoms in total. The molecule has 7 aromatic carbocycles. The lowest BCUT2D eigenvalue weighted by Gasteiger charge is -2.34. The van der Waals surface area contributed by atoms with Crippen molar-refractivity contribution in [2.24, 2.45) is 0 Å². The fourth-order valence-electron chi connectivity index (χ4n) is 12.8. The Kier molecular flexibility index (Phi) is 14.0. The van der Waals surface area contributed by atoms with Gasteiger partial charge in [-0.1, -0.05) is 166 Å². The average molecular weight is 907 g/mol. The van der Waals surface area contributed by atoms with Crippen molar-refractivity contribution < 1.29 is 0 Å². The fraction of sp³-hybridized carbons (Fsp3) is 0.318. The summed E-state index contributed by atoms with van der Waals surface area (Å²) < 4.78 is 2.26. The molecular formula is C66H75BN2. The van der Waals surface area contributed by atoms with Gasteiger partial charge in [-0.2, -0.15) is 0 Å². The van der Waals surface area contributed by atoms with E-state index < -0.39 is 0 Å². The zero-order valence-corrected chi connectivity index (χ0v) is 44.9. The van der Waals surface area contributed by atoms with E-state index in [0.29, 0.717) is 11.8 Å². The Morgan fingerprint density at radius 3 is 1.29 bits per heavy atom. The normalized spacial score (nSPS) is 12.4. The molecule has 0 amide bonds. The molecule has 352 valence electrons. The highest BCUT2D eigenvalue weighted by Gasteiger charge is 2.36. The highest BCUT2D eigenvalue weighted by atomic mass is 15.1. The van der Waals surface area contributed by atoms with Gasteiger partial charge in [0.15, 0.2) is 0 Å². The van der Waals surface area contributed by atoms with Crippen molar-refractivity contribution in [3.05, 3.63) is 204 Å². The number of rotatable bonds is 12. The Balaban J connectivity index is 1.24. The first kappa shape index (κ1) is 49.2. The van der Waals surface area contributed by atoms with Crippen LogP contribution in [0.2, 0.25) is 0 Å². The number of imidazole rings is 1. The van der Waals surface area contributed by atoms with E-state index in [9.17, 15) is 0 Å². The molecule has 0 N–H and O–H groups in total. The molecule has 1 heterocycles. The summed E-state index contributed by atoms with van der Waals surface area (Å²) in [6.45, 7) is 40.3. The van der Waals surface area contributed by atoms with Crippen LogP contribution in [-0.4, -0.2) is 16.3 Å². The molecule has 0 saturated heterocycles. The molecule has 2 unspecified atom stereocenters. The van der Waals surface area contributed by atoms with E-state index >= 15 is 0 Å². The molecule has 0 aliphatic heterocycles. The molecular weight excluding hydrogens is 832 g/mol. The van der Waals surface area contributed by atoms with Crippen molar-refractivity contribution >= 4 is 23.1 Å². The molecule has 69 heavy (non-hydrogen) atoms. The molecule has 0 radical (unpaired) electrons. The van der Waals surface area contributed by atoms with Crippen molar-refractivity contribution in [1.29, 1.82) is 0 Å². The van der Waals surface area contributed by atoms with Gasteiger partial charge in [0, 0.05) is 18.0 Å². The summed E-state index contributed by atoms with van der Waals surface area (Å²) in [5, 5.41) is 0. The molecule has 1 aromatic heterocycles. The number of aryl methyl sites for hydroxylation is 3. The van der Waals surface area contributed by atoms with Gasteiger partial charge in [0.1, 0.15) is 5.82 Å². The Morgan fingerprint density at radius 1 is 0.478 bits per heavy atom. The molecule has 0 fully saturated rings. The van der Waals surface area contributed by atoms with E-state index in [4.69, 9.17) is 4.98 Å². The summed E-state index contributed by atoms with van der Waals surface area (Å²) in [4.78, 5) is 4.88. The molecule has 8 rings (SSSR count). The maximum absolute atomic E-state index is 4.88. The van der Waals surface area contributed by atoms with Crippen LogP contribution in [-0.2, 0) is 0 Å². The largest absolute Gasteiger partial charge is 0.299 e. The third-order valence-electron chi connectivity index (χ3n) is 16.9. The van der Waals surface area contributed by atoms with E-state index in [1.54, 1.807) is 0 Å². The Bertz CT molecular complexity index is 3000. The quantitative estimate of drug-likeness (QED) is 0.112. The smallest absolute Gasteiger partial charge is 0.243 e. The second-order valence-electron chi connectivity index (χ2n) is 20.8. The summed E-state index contributed by atoms with van der Waals surface area (Å²) in [5.41, 5.74) is 35.7. The number of benzene rings is 7. The highest BCUT2D eigenvalue weighted by molar-refractivity contribution is 6.97. The highest BCUT2D eigenvalue weighted by Crippen LogP contribution is 2.39. The van der Waals surface area contributed by atoms with Crippen molar-refractivity contribution in [1.82, 2.24) is 9.55 Å². The van der Waals surface area contributed by atoms with Crippen molar-refractivity contribution in [3.8, 4) is 39.3 Å². The van der Waals surface area contributed by atoms with E-state index in [0.717, 1.165) is 24.2 Å². The van der Waals surface area contributed by atoms with Crippen LogP contribution in [0.3, 0.4) is 0 Å². The number of hydrogen-bond acceptors (Lipinski definition) is 1. The molecule has 3 heteroatoms. The minimum Gasteiger partial charge on any atom is -0.299 e. The van der Waals surface area contributed by atoms with Gasteiger partial charge in [0.05, 0.1) is 5.69 Å². The zero-order chi connectivity index (χ0) is 49.7. The van der Waals surface area contributed by atoms with Crippen molar-refractivity contribution in [2.45, 2.75) is 142 Å². The van der Waals surface area contributed by atoms with E-state index in [-0.39, 0.29) is 6.71 Å². The SMILES string of the molecule is CCC(CC(C)c1c(C)c(C)c(B(c2c(C)c(C)c(-c3ccccc3)c(C)c2C)c2c(C)c(C)c(-c3ccccc3)c(C)c2C)c(C)c1C)c1ccc(-c2nccn2-c2c(C)cc(C)cc2C)cc1. The van der Waals surface area contributed by atoms with Gasteiger partial charge in [-0.05, 0) is 206 Å². The van der Waals surface area contributed by atoms with Crippen molar-refractivity contribution in [3.63, 3.8) is 0 Å². The average Bonchev–Trinajstić information content (AvgIpc) is 3.81. The zero-order valence-electron chi connectivity index (χ0n) is 44.9. The molecule has 0 bridgehead atoms. The van der Waals surface area contributed by atoms with E-state index in [1.807, 2.05) is 6.20 Å². The van der Waals surface area contributed by atoms with Gasteiger partial charge in [0.25, 0.3) is 0 Å². The van der Waals surface area contributed by atoms with E-state index in [1.165, 1.54) is 139 Å². The Hall–Kier alpha value is -6.19. The lowest BCUT2D eigenvalue weighted by atomic mass is 9.32. The van der Waals surface area contributed by atoms with Crippen LogP contribution in [0.25, 0.3) is 39.3 Å². The fourth-order valence-corrected chi connectivity index (χ4v) is 12.8. The van der Waals surface area contributed by atoms with Crippen LogP contribution >= 0.6 is 0 Å². The lowest BCUT2D eigenvalue weighted by molar-refractivity contribution is 0.541. The predicted octanol–water partition coefficient (Wildman–Crippen LogP) is 15.7. The van der Waals surface area contributed by atoms with Crippen LogP contribution in [0.15, 0.2) is 109 Å². The lowest BCUT2D eigenvalue weighted by Crippen LogP contribution is -2.58. The summed E-state index contributed by atoms with van der Waals surface area (Å²) in [7, 11) is 0. The summed E-state index contributed by atoms with van der Waals surface area (Å²) in [6.07, 6.45) is 6.21. The first-order valence-corrected chi connectivity index (χ1v) is 25.5. The summed E-state index contributed by atoms with van der Waals surface area (Å²) in [6, 6.07) is 35.9. The number of nitrogens with zero attached hydrogens (tertiary/aromatic N) is 2. The van der Waals surface area contributed by atoms with Crippen molar-refractivity contribution in [2.75, 3.05) is 0 Å². The van der Waals surface area contributed by atoms with Gasteiger partial charge in [-0.15, -0.1) is 0 Å². The second-order valence-corrected chi connectivity index (χ2v) is 20.8. The monoisotopic (exact) mass is 907 g/mol. The molecule has 0 aliphatic carbocycles. The molecule has 0 aliphatic rings. The third kappa shape index (κ3) is 8.66. The second kappa shape index (κ2) is 19.7. The van der Waals surface area contributed by atoms with Crippen LogP contribution in [0.5, 0.6) is 0 Å². The van der Waals surface area contributed by atoms with Crippen LogP contribution in [0.4, 0.5) is 0 Å². The van der Waals surface area contributed by atoms with Gasteiger partial charge in [-0.25, -0.2) is 4.98 Å². The molecule has 0 saturated carbocycles. The van der Waals surface area contributed by atoms with Gasteiger partial charge >= 0.3 is 0 Å². The van der Waals surface area contributed by atoms with E-state index in [2.05, 4.69) is 226 Å². The summed E-state index contributed by atoms with van der Waals surface area (Å²) >= 11 is 0. The topological polar surface area (TPSA) is 17.8 Å². The van der Waals surface area contributed by atoms with Crippen LogP contribution in [0.1, 0.15) is 133 Å². The van der Waals surface area contributed by atoms with Gasteiger partial charge < -0.3 is 0 Å². The third-order valence-corrected chi connectivity index (χ3v) is 16.9. The van der Waals surface area contributed by atoms with Gasteiger partial charge in [0.2, 0.25) is 6.71 Å². The minimum absolute atomic E-state index is 0.0625. The number of hydrogen-bond donors (Lipinski definition) is 0. The maximum Gasteiger partial charge on any atom is 0.243 e. The first-order valence-electron chi connectivity index (χ1n) is 25.5. The Labute approximate surface area is 416 Å². The number of aromatic nitrogens is 2.